The number of nitrogens with one attached hydrogen (secondary N) is 1. The highest BCUT2D eigenvalue weighted by Gasteiger charge is 2.17. The molecule has 0 saturated carbocycles. The summed E-state index contributed by atoms with van der Waals surface area (Å²) in [7, 11) is 0. The van der Waals surface area contributed by atoms with E-state index in [1.807, 2.05) is 0 Å². The number of anilines is 2. The minimum atomic E-state index is -0.780. The predicted molar refractivity (Wildman–Crippen MR) is 99.6 cm³/mol. The maximum absolute atomic E-state index is 14.0. The molecule has 3 aromatic rings. The lowest BCUT2D eigenvalue weighted by Gasteiger charge is -2.14. The Morgan fingerprint density at radius 3 is 2.38 bits per heavy atom. The lowest BCUT2D eigenvalue weighted by Crippen LogP contribution is -2.06. The fourth-order valence-corrected chi connectivity index (χ4v) is 2.87. The second-order valence-corrected chi connectivity index (χ2v) is 6.02. The van der Waals surface area contributed by atoms with Crippen LogP contribution in [0.3, 0.4) is 0 Å². The molecule has 0 fully saturated rings. The number of hydrogen-bond donors (Lipinski definition) is 1. The molecule has 8 heteroatoms. The molecular weight excluding hydrogens is 383 g/mol. The molecule has 0 radical (unpaired) electrons. The van der Waals surface area contributed by atoms with Crippen molar-refractivity contribution in [1.82, 2.24) is 9.97 Å². The van der Waals surface area contributed by atoms with Crippen LogP contribution in [0.5, 0.6) is 0 Å². The highest BCUT2D eigenvalue weighted by molar-refractivity contribution is 7.79. The largest absolute Gasteiger partial charge is 0.337 e. The van der Waals surface area contributed by atoms with Gasteiger partial charge in [-0.1, -0.05) is 23.8 Å². The number of rotatable bonds is 4. The van der Waals surface area contributed by atoms with Gasteiger partial charge in [0.15, 0.2) is 0 Å². The van der Waals surface area contributed by atoms with Crippen LogP contribution in [0, 0.1) is 24.4 Å². The van der Waals surface area contributed by atoms with Gasteiger partial charge in [-0.05, 0) is 37.3 Å². The van der Waals surface area contributed by atoms with E-state index in [9.17, 15) is 13.2 Å². The fraction of sp³-hybridized carbons (Fsp3) is 0.0556. The van der Waals surface area contributed by atoms with Gasteiger partial charge in [-0.3, -0.25) is 0 Å². The molecule has 0 aliphatic heterocycles. The molecule has 0 bridgehead atoms. The molecule has 0 saturated heterocycles. The maximum Gasteiger partial charge on any atom is 0.149 e. The molecule has 0 aliphatic rings. The maximum atomic E-state index is 14.0. The average Bonchev–Trinajstić information content (AvgIpc) is 2.57. The lowest BCUT2D eigenvalue weighted by molar-refractivity contribution is 0.586. The van der Waals surface area contributed by atoms with Crippen LogP contribution in [0.2, 0.25) is 5.02 Å². The van der Waals surface area contributed by atoms with E-state index in [-0.39, 0.29) is 16.5 Å². The number of hydrogen-bond acceptors (Lipinski definition) is 4. The van der Waals surface area contributed by atoms with E-state index in [4.69, 9.17) is 23.8 Å². The third-order valence-corrected chi connectivity index (χ3v) is 4.09. The highest BCUT2D eigenvalue weighted by atomic mass is 35.5. The predicted octanol–water partition coefficient (Wildman–Crippen LogP) is 5.61. The van der Waals surface area contributed by atoms with Crippen molar-refractivity contribution in [2.24, 2.45) is 0 Å². The van der Waals surface area contributed by atoms with Crippen molar-refractivity contribution in [3.8, 4) is 11.3 Å². The van der Waals surface area contributed by atoms with Gasteiger partial charge in [-0.2, -0.15) is 0 Å². The van der Waals surface area contributed by atoms with Gasteiger partial charge in [0.05, 0.1) is 22.0 Å². The Hall–Kier alpha value is -2.51. The first-order valence-corrected chi connectivity index (χ1v) is 8.25. The molecule has 0 amide bonds. The molecule has 2 aromatic carbocycles. The van der Waals surface area contributed by atoms with Crippen molar-refractivity contribution in [2.45, 2.75) is 6.92 Å². The Bertz CT molecular complexity index is 1010. The van der Waals surface area contributed by atoms with Crippen LogP contribution >= 0.6 is 23.8 Å². The number of thiocarbonyl (C=S) groups is 1. The SMILES string of the molecule is Cc1nc(Nc2ccc(F)cc2F)c(C=S)c(-c2ccc(F)cc2Cl)n1. The molecule has 0 aliphatic carbocycles. The van der Waals surface area contributed by atoms with Crippen molar-refractivity contribution >= 4 is 40.7 Å². The number of aryl methyl sites for hydroxylation is 1. The molecule has 3 rings (SSSR count). The van der Waals surface area contributed by atoms with Crippen LogP contribution in [-0.4, -0.2) is 15.3 Å². The zero-order chi connectivity index (χ0) is 18.8. The van der Waals surface area contributed by atoms with Crippen LogP contribution in [0.25, 0.3) is 11.3 Å². The molecule has 1 heterocycles. The summed E-state index contributed by atoms with van der Waals surface area (Å²) in [5.41, 5.74) is 1.24. The van der Waals surface area contributed by atoms with Crippen molar-refractivity contribution < 1.29 is 13.2 Å². The molecule has 132 valence electrons. The van der Waals surface area contributed by atoms with Gasteiger partial charge >= 0.3 is 0 Å². The first-order valence-electron chi connectivity index (χ1n) is 7.40. The van der Waals surface area contributed by atoms with Crippen molar-refractivity contribution in [2.75, 3.05) is 5.32 Å². The molecule has 0 atom stereocenters. The third-order valence-electron chi connectivity index (χ3n) is 3.55. The van der Waals surface area contributed by atoms with Crippen LogP contribution < -0.4 is 5.32 Å². The fourth-order valence-electron chi connectivity index (χ4n) is 2.39. The minimum Gasteiger partial charge on any atom is -0.337 e. The Labute approximate surface area is 157 Å². The van der Waals surface area contributed by atoms with Crippen LogP contribution in [-0.2, 0) is 0 Å². The molecule has 0 spiro atoms. The summed E-state index contributed by atoms with van der Waals surface area (Å²) in [6, 6.07) is 7.01. The van der Waals surface area contributed by atoms with E-state index in [0.29, 0.717) is 22.6 Å². The van der Waals surface area contributed by atoms with Gasteiger partial charge in [0.25, 0.3) is 0 Å². The second kappa shape index (κ2) is 7.39. The third kappa shape index (κ3) is 3.68. The van der Waals surface area contributed by atoms with Crippen LogP contribution in [0.4, 0.5) is 24.7 Å². The van der Waals surface area contributed by atoms with E-state index in [1.54, 1.807) is 6.92 Å². The second-order valence-electron chi connectivity index (χ2n) is 5.37. The van der Waals surface area contributed by atoms with E-state index < -0.39 is 17.5 Å². The van der Waals surface area contributed by atoms with Crippen molar-refractivity contribution in [1.29, 1.82) is 0 Å². The summed E-state index contributed by atoms with van der Waals surface area (Å²) in [5.74, 6) is -1.36. The highest BCUT2D eigenvalue weighted by Crippen LogP contribution is 2.33. The van der Waals surface area contributed by atoms with Crippen LogP contribution in [0.15, 0.2) is 36.4 Å². The lowest BCUT2D eigenvalue weighted by atomic mass is 10.1. The Morgan fingerprint density at radius 1 is 1.04 bits per heavy atom. The summed E-state index contributed by atoms with van der Waals surface area (Å²) < 4.78 is 40.4. The van der Waals surface area contributed by atoms with Gasteiger partial charge in [-0.25, -0.2) is 23.1 Å². The monoisotopic (exact) mass is 393 g/mol. The van der Waals surface area contributed by atoms with E-state index in [2.05, 4.69) is 15.3 Å². The van der Waals surface area contributed by atoms with E-state index in [0.717, 1.165) is 18.2 Å². The van der Waals surface area contributed by atoms with Gasteiger partial charge < -0.3 is 5.32 Å². The van der Waals surface area contributed by atoms with Crippen molar-refractivity contribution in [3.05, 3.63) is 70.3 Å². The first kappa shape index (κ1) is 18.3. The summed E-state index contributed by atoms with van der Waals surface area (Å²) in [6.45, 7) is 1.64. The van der Waals surface area contributed by atoms with Crippen LogP contribution in [0.1, 0.15) is 11.4 Å². The molecule has 26 heavy (non-hydrogen) atoms. The molecule has 1 aromatic heterocycles. The van der Waals surface area contributed by atoms with Gasteiger partial charge in [0.2, 0.25) is 0 Å². The standard InChI is InChI=1S/C18H11ClF3N3S/c1-9-23-17(12-4-2-10(20)6-14(12)19)13(8-26)18(24-9)25-16-5-3-11(21)7-15(16)22/h2-8H,1H3,(H,23,24,25). The minimum absolute atomic E-state index is 0.0266. The zero-order valence-corrected chi connectivity index (χ0v) is 14.9. The molecule has 1 N–H and O–H groups in total. The average molecular weight is 394 g/mol. The molecular formula is C18H11ClF3N3S. The molecule has 0 unspecified atom stereocenters. The van der Waals surface area contributed by atoms with Gasteiger partial charge in [0.1, 0.15) is 29.1 Å². The molecule has 3 nitrogen and oxygen atoms in total. The summed E-state index contributed by atoms with van der Waals surface area (Å²) in [4.78, 5) is 8.57. The van der Waals surface area contributed by atoms with E-state index >= 15 is 0 Å². The normalized spacial score (nSPS) is 10.7. The number of aromatic nitrogens is 2. The van der Waals surface area contributed by atoms with E-state index in [1.165, 1.54) is 23.6 Å². The first-order chi connectivity index (χ1) is 12.4. The zero-order valence-electron chi connectivity index (χ0n) is 13.4. The number of nitrogens with zero attached hydrogens (tertiary/aromatic N) is 2. The smallest absolute Gasteiger partial charge is 0.149 e. The quantitative estimate of drug-likeness (QED) is 0.584. The number of benzene rings is 2. The Morgan fingerprint density at radius 2 is 1.73 bits per heavy atom. The summed E-state index contributed by atoms with van der Waals surface area (Å²) in [5, 5.41) is 4.26. The van der Waals surface area contributed by atoms with Crippen molar-refractivity contribution in [3.63, 3.8) is 0 Å². The Kier molecular flexibility index (Phi) is 5.20. The topological polar surface area (TPSA) is 37.8 Å². The van der Waals surface area contributed by atoms with Gasteiger partial charge in [-0.15, -0.1) is 0 Å². The summed E-state index contributed by atoms with van der Waals surface area (Å²) in [6.07, 6.45) is 0. The Balaban J connectivity index is 2.15. The summed E-state index contributed by atoms with van der Waals surface area (Å²) >= 11 is 11.2. The number of halogens is 4. The van der Waals surface area contributed by atoms with Gasteiger partial charge in [0, 0.05) is 17.0 Å².